The van der Waals surface area contributed by atoms with Gasteiger partial charge in [-0.15, -0.1) is 23.2 Å². The van der Waals surface area contributed by atoms with Crippen LogP contribution >= 0.6 is 23.2 Å². The van der Waals surface area contributed by atoms with E-state index in [1.807, 2.05) is 0 Å². The molecule has 0 radical (unpaired) electrons. The predicted molar refractivity (Wildman–Crippen MR) is 142 cm³/mol. The maximum absolute atomic E-state index is 7.84. The molecule has 0 aliphatic heterocycles. The number of halogens is 2. The summed E-state index contributed by atoms with van der Waals surface area (Å²) in [4.78, 5) is -1.13. The normalized spacial score (nSPS) is 28.2. The van der Waals surface area contributed by atoms with Crippen LogP contribution in [0.15, 0.2) is 95.1 Å². The van der Waals surface area contributed by atoms with E-state index in [0.717, 1.165) is 25.7 Å². The summed E-state index contributed by atoms with van der Waals surface area (Å²) in [5, 5.41) is 0. The molecule has 4 aliphatic rings. The van der Waals surface area contributed by atoms with Crippen molar-refractivity contribution in [3.05, 3.63) is 106 Å². The van der Waals surface area contributed by atoms with Gasteiger partial charge in [-0.1, -0.05) is 72.8 Å². The van der Waals surface area contributed by atoms with Gasteiger partial charge in [0, 0.05) is 32.6 Å². The van der Waals surface area contributed by atoms with Crippen LogP contribution in [-0.4, -0.2) is 9.75 Å². The smallest absolute Gasteiger partial charge is 0.0939 e. The van der Waals surface area contributed by atoms with E-state index in [9.17, 15) is 0 Å². The molecule has 2 aromatic carbocycles. The van der Waals surface area contributed by atoms with Crippen LogP contribution in [0.3, 0.4) is 0 Å². The molecule has 2 unspecified atom stereocenters. The van der Waals surface area contributed by atoms with Gasteiger partial charge in [-0.2, -0.15) is 0 Å². The van der Waals surface area contributed by atoms with Gasteiger partial charge in [0.2, 0.25) is 0 Å². The van der Waals surface area contributed by atoms with Gasteiger partial charge < -0.3 is 0 Å². The first-order valence-electron chi connectivity index (χ1n) is 12.5. The molecule has 2 atom stereocenters. The Hall–Kier alpha value is -1.14. The number of alkyl halides is 2. The molecule has 0 nitrogen and oxygen atoms in total. The van der Waals surface area contributed by atoms with Gasteiger partial charge in [-0.25, -0.2) is 0 Å². The van der Waals surface area contributed by atoms with Crippen molar-refractivity contribution in [2.45, 2.75) is 67.5 Å². The van der Waals surface area contributed by atoms with Crippen molar-refractivity contribution in [2.75, 3.05) is 0 Å². The second-order valence-electron chi connectivity index (χ2n) is 10.0. The van der Waals surface area contributed by atoms with Crippen LogP contribution in [0.4, 0.5) is 0 Å². The van der Waals surface area contributed by atoms with Gasteiger partial charge in [-0.3, -0.25) is 0 Å². The zero-order chi connectivity index (χ0) is 22.5. The van der Waals surface area contributed by atoms with Crippen LogP contribution in [-0.2, 0) is 26.2 Å². The molecule has 0 amide bonds. The third kappa shape index (κ3) is 4.01. The van der Waals surface area contributed by atoms with Crippen molar-refractivity contribution in [2.24, 2.45) is 0 Å². The van der Waals surface area contributed by atoms with Crippen LogP contribution in [0.2, 0.25) is 0 Å². The van der Waals surface area contributed by atoms with Crippen LogP contribution in [0.1, 0.15) is 68.9 Å². The second-order valence-corrected chi connectivity index (χ2v) is 11.3. The van der Waals surface area contributed by atoms with Crippen molar-refractivity contribution >= 4 is 34.3 Å². The fourth-order valence-electron chi connectivity index (χ4n) is 6.58. The standard InChI is InChI=1S/C31H30Cl2.Zr/c32-30(26-17-9-7-15-24(26)19-28(30)22-11-3-1-4-12-22)21-31(33)27-18-10-8-16-25(27)20-29(31)23-13-5-2-6-14-23;/h1-6,11-14,19-20H,7-10,15-18,21H2;. The predicted octanol–water partition coefficient (Wildman–Crippen LogP) is 9.26. The molecule has 172 valence electrons. The molecule has 0 spiro atoms. The van der Waals surface area contributed by atoms with Crippen molar-refractivity contribution in [1.29, 1.82) is 0 Å². The Morgan fingerprint density at radius 1 is 0.559 bits per heavy atom. The van der Waals surface area contributed by atoms with Gasteiger partial charge in [0.05, 0.1) is 9.75 Å². The molecular formula is C31H30Cl2Zr. The van der Waals surface area contributed by atoms with E-state index in [1.54, 1.807) is 0 Å². The van der Waals surface area contributed by atoms with Crippen LogP contribution in [0, 0.1) is 0 Å². The summed E-state index contributed by atoms with van der Waals surface area (Å²) >= 11 is 15.7. The largest absolute Gasteiger partial charge is 0.109 e. The monoisotopic (exact) mass is 562 g/mol. The van der Waals surface area contributed by atoms with Crippen molar-refractivity contribution in [1.82, 2.24) is 0 Å². The molecule has 4 aliphatic carbocycles. The first-order valence-corrected chi connectivity index (χ1v) is 13.2. The Bertz CT molecular complexity index is 1110. The molecule has 0 fully saturated rings. The van der Waals surface area contributed by atoms with Gasteiger partial charge >= 0.3 is 0 Å². The molecular weight excluding hydrogens is 534 g/mol. The summed E-state index contributed by atoms with van der Waals surface area (Å²) in [5.41, 5.74) is 10.7. The summed E-state index contributed by atoms with van der Waals surface area (Å²) in [5.74, 6) is 0. The first kappa shape index (κ1) is 24.6. The molecule has 0 saturated heterocycles. The number of benzene rings is 2. The fourth-order valence-corrected chi connectivity index (χ4v) is 7.81. The van der Waals surface area contributed by atoms with Crippen LogP contribution in [0.25, 0.3) is 11.1 Å². The summed E-state index contributed by atoms with van der Waals surface area (Å²) < 4.78 is 0. The summed E-state index contributed by atoms with van der Waals surface area (Å²) in [6.07, 6.45) is 14.9. The third-order valence-corrected chi connectivity index (χ3v) is 9.26. The maximum atomic E-state index is 7.84. The molecule has 0 aromatic heterocycles. The molecule has 0 heterocycles. The van der Waals surface area contributed by atoms with Crippen molar-refractivity contribution < 1.29 is 26.2 Å². The van der Waals surface area contributed by atoms with E-state index >= 15 is 0 Å². The molecule has 34 heavy (non-hydrogen) atoms. The minimum atomic E-state index is -0.563. The second kappa shape index (κ2) is 9.73. The van der Waals surface area contributed by atoms with E-state index in [4.69, 9.17) is 23.2 Å². The van der Waals surface area contributed by atoms with E-state index in [0.29, 0.717) is 6.42 Å². The SMILES string of the molecule is ClC1(CC2(Cl)C(c3ccccc3)=CC3=C2CCCC3)C(c2ccccc2)=CC2=C1CCCC2.[Zr]. The minimum Gasteiger partial charge on any atom is -0.109 e. The van der Waals surface area contributed by atoms with Crippen molar-refractivity contribution in [3.63, 3.8) is 0 Å². The average Bonchev–Trinajstić information content (AvgIpc) is 3.32. The zero-order valence-corrected chi connectivity index (χ0v) is 23.5. The average molecular weight is 565 g/mol. The Kier molecular flexibility index (Phi) is 7.02. The summed E-state index contributed by atoms with van der Waals surface area (Å²) in [6, 6.07) is 21.5. The minimum absolute atomic E-state index is 0. The maximum Gasteiger partial charge on any atom is 0.0939 e. The summed E-state index contributed by atoms with van der Waals surface area (Å²) in [7, 11) is 0. The molecule has 2 aromatic rings. The van der Waals surface area contributed by atoms with Gasteiger partial charge in [-0.05, 0) is 95.9 Å². The number of hydrogen-bond donors (Lipinski definition) is 0. The van der Waals surface area contributed by atoms with Crippen LogP contribution in [0.5, 0.6) is 0 Å². The van der Waals surface area contributed by atoms with Gasteiger partial charge in [0.25, 0.3) is 0 Å². The van der Waals surface area contributed by atoms with E-state index in [1.165, 1.54) is 70.2 Å². The van der Waals surface area contributed by atoms with Gasteiger partial charge in [0.1, 0.15) is 0 Å². The molecule has 0 saturated carbocycles. The van der Waals surface area contributed by atoms with E-state index in [2.05, 4.69) is 72.8 Å². The molecule has 0 N–H and O–H groups in total. The number of allylic oxidation sites excluding steroid dienone is 8. The fraction of sp³-hybridized carbons (Fsp3) is 0.355. The Labute approximate surface area is 232 Å². The quantitative estimate of drug-likeness (QED) is 0.325. The molecule has 3 heteroatoms. The topological polar surface area (TPSA) is 0 Å². The van der Waals surface area contributed by atoms with Gasteiger partial charge in [0.15, 0.2) is 0 Å². The van der Waals surface area contributed by atoms with Crippen LogP contribution < -0.4 is 0 Å². The summed E-state index contributed by atoms with van der Waals surface area (Å²) in [6.45, 7) is 0. The first-order chi connectivity index (χ1) is 16.1. The molecule has 0 bridgehead atoms. The Morgan fingerprint density at radius 3 is 1.35 bits per heavy atom. The molecule has 6 rings (SSSR count). The van der Waals surface area contributed by atoms with Crippen molar-refractivity contribution in [3.8, 4) is 0 Å². The Balaban J connectivity index is 0.00000241. The third-order valence-electron chi connectivity index (χ3n) is 8.13. The van der Waals surface area contributed by atoms with E-state index < -0.39 is 9.75 Å². The Morgan fingerprint density at radius 2 is 0.941 bits per heavy atom. The number of hydrogen-bond acceptors (Lipinski definition) is 0. The zero-order valence-electron chi connectivity index (χ0n) is 19.5. The number of rotatable bonds is 4. The van der Waals surface area contributed by atoms with E-state index in [-0.39, 0.29) is 26.2 Å².